The summed E-state index contributed by atoms with van der Waals surface area (Å²) in [5.41, 5.74) is 3.38. The number of rotatable bonds is 4. The predicted octanol–water partition coefficient (Wildman–Crippen LogP) is 1.34. The van der Waals surface area contributed by atoms with E-state index in [9.17, 15) is 5.11 Å². The van der Waals surface area contributed by atoms with Crippen LogP contribution in [0, 0.1) is 20.8 Å². The topological polar surface area (TPSA) is 49.7 Å². The van der Waals surface area contributed by atoms with Gasteiger partial charge in [0.1, 0.15) is 18.5 Å². The molecule has 0 spiro atoms. The summed E-state index contributed by atoms with van der Waals surface area (Å²) in [5, 5.41) is 17.8. The van der Waals surface area contributed by atoms with E-state index < -0.39 is 6.10 Å². The van der Waals surface area contributed by atoms with Crippen LogP contribution in [0.4, 0.5) is 0 Å². The first kappa shape index (κ1) is 12.0. The molecule has 0 saturated carbocycles. The number of hydrogen-bond acceptors (Lipinski definition) is 3. The Morgan fingerprint density at radius 2 is 1.93 bits per heavy atom. The molecule has 3 heteroatoms. The normalized spacial score (nSPS) is 12.6. The molecule has 1 rings (SSSR count). The average Bonchev–Trinajstić information content (AvgIpc) is 2.20. The van der Waals surface area contributed by atoms with Crippen molar-refractivity contribution >= 4 is 0 Å². The third kappa shape index (κ3) is 3.22. The van der Waals surface area contributed by atoms with Crippen LogP contribution in [-0.4, -0.2) is 29.5 Å². The fourth-order valence-electron chi connectivity index (χ4n) is 1.39. The van der Waals surface area contributed by atoms with Crippen LogP contribution in [0.3, 0.4) is 0 Å². The van der Waals surface area contributed by atoms with E-state index in [1.165, 1.54) is 5.56 Å². The number of hydrogen-bond donors (Lipinski definition) is 2. The highest BCUT2D eigenvalue weighted by Crippen LogP contribution is 2.23. The van der Waals surface area contributed by atoms with Gasteiger partial charge in [0.2, 0.25) is 0 Å². The lowest BCUT2D eigenvalue weighted by Gasteiger charge is -2.14. The molecule has 1 aromatic carbocycles. The van der Waals surface area contributed by atoms with Gasteiger partial charge in [0.15, 0.2) is 0 Å². The second-order valence-corrected chi connectivity index (χ2v) is 3.85. The molecule has 1 unspecified atom stereocenters. The van der Waals surface area contributed by atoms with Crippen molar-refractivity contribution in [3.05, 3.63) is 28.8 Å². The summed E-state index contributed by atoms with van der Waals surface area (Å²) in [6.45, 7) is 5.86. The van der Waals surface area contributed by atoms with E-state index in [-0.39, 0.29) is 13.2 Å². The van der Waals surface area contributed by atoms with E-state index in [0.717, 1.165) is 16.9 Å². The van der Waals surface area contributed by atoms with Gasteiger partial charge in [-0.25, -0.2) is 0 Å². The highest BCUT2D eigenvalue weighted by Gasteiger charge is 2.07. The van der Waals surface area contributed by atoms with E-state index in [4.69, 9.17) is 9.84 Å². The van der Waals surface area contributed by atoms with Gasteiger partial charge in [0, 0.05) is 0 Å². The summed E-state index contributed by atoms with van der Waals surface area (Å²) in [4.78, 5) is 0. The lowest BCUT2D eigenvalue weighted by molar-refractivity contribution is 0.0533. The van der Waals surface area contributed by atoms with Crippen molar-refractivity contribution in [2.75, 3.05) is 13.2 Å². The van der Waals surface area contributed by atoms with Gasteiger partial charge in [-0.1, -0.05) is 6.07 Å². The Morgan fingerprint density at radius 3 is 2.53 bits per heavy atom. The molecule has 0 amide bonds. The van der Waals surface area contributed by atoms with Crippen LogP contribution in [0.25, 0.3) is 0 Å². The molecule has 84 valence electrons. The highest BCUT2D eigenvalue weighted by molar-refractivity contribution is 5.41. The lowest BCUT2D eigenvalue weighted by atomic mass is 10.1. The molecule has 0 heterocycles. The average molecular weight is 210 g/mol. The first-order valence-corrected chi connectivity index (χ1v) is 5.04. The smallest absolute Gasteiger partial charge is 0.122 e. The predicted molar refractivity (Wildman–Crippen MR) is 59.2 cm³/mol. The molecule has 0 saturated heterocycles. The van der Waals surface area contributed by atoms with Gasteiger partial charge in [-0.2, -0.15) is 0 Å². The molecule has 1 aromatic rings. The summed E-state index contributed by atoms with van der Waals surface area (Å²) < 4.78 is 5.44. The molecule has 0 aliphatic heterocycles. The maximum atomic E-state index is 9.17. The first-order valence-electron chi connectivity index (χ1n) is 5.04. The van der Waals surface area contributed by atoms with E-state index in [2.05, 4.69) is 6.07 Å². The number of aryl methyl sites for hydroxylation is 2. The van der Waals surface area contributed by atoms with Gasteiger partial charge in [0.25, 0.3) is 0 Å². The zero-order valence-corrected chi connectivity index (χ0v) is 9.45. The molecule has 0 aliphatic rings. The van der Waals surface area contributed by atoms with Gasteiger partial charge in [-0.15, -0.1) is 0 Å². The van der Waals surface area contributed by atoms with Crippen LogP contribution in [-0.2, 0) is 0 Å². The van der Waals surface area contributed by atoms with Gasteiger partial charge >= 0.3 is 0 Å². The first-order chi connectivity index (χ1) is 7.04. The fourth-order valence-corrected chi connectivity index (χ4v) is 1.39. The fraction of sp³-hybridized carbons (Fsp3) is 0.500. The van der Waals surface area contributed by atoms with Crippen molar-refractivity contribution in [3.63, 3.8) is 0 Å². The summed E-state index contributed by atoms with van der Waals surface area (Å²) in [6.07, 6.45) is -0.815. The molecular weight excluding hydrogens is 192 g/mol. The molecule has 3 nitrogen and oxygen atoms in total. The largest absolute Gasteiger partial charge is 0.491 e. The Hall–Kier alpha value is -1.06. The minimum Gasteiger partial charge on any atom is -0.491 e. The van der Waals surface area contributed by atoms with Crippen LogP contribution in [0.15, 0.2) is 12.1 Å². The molecule has 0 fully saturated rings. The minimum absolute atomic E-state index is 0.125. The van der Waals surface area contributed by atoms with E-state index in [1.807, 2.05) is 26.8 Å². The number of benzene rings is 1. The SMILES string of the molecule is Cc1cc(C)c(C)c(OCC(O)CO)c1. The second kappa shape index (κ2) is 5.14. The molecule has 0 bridgehead atoms. The molecule has 0 aromatic heterocycles. The summed E-state index contributed by atoms with van der Waals surface area (Å²) in [6, 6.07) is 4.02. The monoisotopic (exact) mass is 210 g/mol. The molecule has 2 N–H and O–H groups in total. The Labute approximate surface area is 90.3 Å². The van der Waals surface area contributed by atoms with Gasteiger partial charge in [0.05, 0.1) is 6.61 Å². The zero-order valence-electron chi connectivity index (χ0n) is 9.45. The van der Waals surface area contributed by atoms with Crippen LogP contribution < -0.4 is 4.74 Å². The Bertz CT molecular complexity index is 334. The highest BCUT2D eigenvalue weighted by atomic mass is 16.5. The Balaban J connectivity index is 2.76. The lowest BCUT2D eigenvalue weighted by Crippen LogP contribution is -2.21. The van der Waals surface area contributed by atoms with E-state index >= 15 is 0 Å². The van der Waals surface area contributed by atoms with Gasteiger partial charge in [-0.3, -0.25) is 0 Å². The number of ether oxygens (including phenoxy) is 1. The van der Waals surface area contributed by atoms with Crippen molar-refractivity contribution in [1.82, 2.24) is 0 Å². The Morgan fingerprint density at radius 1 is 1.27 bits per heavy atom. The maximum absolute atomic E-state index is 9.17. The molecule has 1 atom stereocenters. The molecule has 0 aliphatic carbocycles. The summed E-state index contributed by atoms with van der Waals surface area (Å²) in [5.74, 6) is 0.778. The second-order valence-electron chi connectivity index (χ2n) is 3.85. The molecule has 15 heavy (non-hydrogen) atoms. The van der Waals surface area contributed by atoms with E-state index in [0.29, 0.717) is 0 Å². The molecular formula is C12H18O3. The quantitative estimate of drug-likeness (QED) is 0.788. The standard InChI is InChI=1S/C12H18O3/c1-8-4-9(2)10(3)12(5-8)15-7-11(14)6-13/h4-5,11,13-14H,6-7H2,1-3H3. The van der Waals surface area contributed by atoms with Crippen LogP contribution in [0.2, 0.25) is 0 Å². The summed E-state index contributed by atoms with van der Waals surface area (Å²) in [7, 11) is 0. The van der Waals surface area contributed by atoms with Crippen molar-refractivity contribution in [2.24, 2.45) is 0 Å². The van der Waals surface area contributed by atoms with Crippen LogP contribution >= 0.6 is 0 Å². The van der Waals surface area contributed by atoms with E-state index in [1.54, 1.807) is 0 Å². The third-order valence-corrected chi connectivity index (χ3v) is 2.41. The zero-order chi connectivity index (χ0) is 11.4. The van der Waals surface area contributed by atoms with Crippen molar-refractivity contribution in [3.8, 4) is 5.75 Å². The van der Waals surface area contributed by atoms with Gasteiger partial charge < -0.3 is 14.9 Å². The van der Waals surface area contributed by atoms with Crippen LogP contribution in [0.1, 0.15) is 16.7 Å². The minimum atomic E-state index is -0.815. The van der Waals surface area contributed by atoms with Crippen LogP contribution in [0.5, 0.6) is 5.75 Å². The summed E-state index contributed by atoms with van der Waals surface area (Å²) >= 11 is 0. The third-order valence-electron chi connectivity index (χ3n) is 2.41. The Kier molecular flexibility index (Phi) is 4.12. The molecule has 0 radical (unpaired) electrons. The van der Waals surface area contributed by atoms with Crippen molar-refractivity contribution in [1.29, 1.82) is 0 Å². The maximum Gasteiger partial charge on any atom is 0.122 e. The van der Waals surface area contributed by atoms with Gasteiger partial charge in [-0.05, 0) is 43.5 Å². The number of aliphatic hydroxyl groups excluding tert-OH is 2. The van der Waals surface area contributed by atoms with Crippen molar-refractivity contribution in [2.45, 2.75) is 26.9 Å². The number of aliphatic hydroxyl groups is 2. The van der Waals surface area contributed by atoms with Crippen molar-refractivity contribution < 1.29 is 14.9 Å².